The Balaban J connectivity index is 2.23. The molecule has 0 bridgehead atoms. The molecule has 2 aromatic carbocycles. The van der Waals surface area contributed by atoms with Crippen LogP contribution in [0.4, 0.5) is 0 Å². The fraction of sp³-hybridized carbons (Fsp3) is 0.316. The van der Waals surface area contributed by atoms with Gasteiger partial charge in [0.15, 0.2) is 0 Å². The summed E-state index contributed by atoms with van der Waals surface area (Å²) in [6, 6.07) is 15.7. The van der Waals surface area contributed by atoms with Crippen LogP contribution < -0.4 is 5.32 Å². The third-order valence-corrected chi connectivity index (χ3v) is 6.16. The Morgan fingerprint density at radius 3 is 2.35 bits per heavy atom. The van der Waals surface area contributed by atoms with E-state index in [2.05, 4.69) is 21.2 Å². The maximum atomic E-state index is 13.0. The molecule has 0 aliphatic carbocycles. The van der Waals surface area contributed by atoms with Crippen LogP contribution in [0.1, 0.15) is 25.3 Å². The lowest BCUT2D eigenvalue weighted by Crippen LogP contribution is -2.40. The first-order valence-electron chi connectivity index (χ1n) is 8.50. The van der Waals surface area contributed by atoms with Crippen molar-refractivity contribution in [2.75, 3.05) is 13.1 Å². The average molecular weight is 439 g/mol. The highest BCUT2D eigenvalue weighted by Gasteiger charge is 2.26. The first-order valence-corrected chi connectivity index (χ1v) is 10.7. The van der Waals surface area contributed by atoms with E-state index in [-0.39, 0.29) is 23.9 Å². The van der Waals surface area contributed by atoms with Gasteiger partial charge in [0.2, 0.25) is 15.9 Å². The summed E-state index contributed by atoms with van der Waals surface area (Å²) >= 11 is 3.31. The molecule has 26 heavy (non-hydrogen) atoms. The number of unbranched alkanes of at least 4 members (excludes halogenated alkanes) is 1. The van der Waals surface area contributed by atoms with Crippen molar-refractivity contribution in [2.24, 2.45) is 0 Å². The Hall–Kier alpha value is -1.70. The quantitative estimate of drug-likeness (QED) is 0.608. The molecule has 0 spiro atoms. The highest BCUT2D eigenvalue weighted by molar-refractivity contribution is 9.10. The van der Waals surface area contributed by atoms with E-state index in [4.69, 9.17) is 0 Å². The molecule has 0 fully saturated rings. The van der Waals surface area contributed by atoms with Crippen molar-refractivity contribution in [2.45, 2.75) is 31.2 Å². The van der Waals surface area contributed by atoms with Gasteiger partial charge in [-0.3, -0.25) is 4.79 Å². The van der Waals surface area contributed by atoms with Gasteiger partial charge >= 0.3 is 0 Å². The molecule has 0 aliphatic rings. The molecule has 140 valence electrons. The lowest BCUT2D eigenvalue weighted by Gasteiger charge is -2.22. The minimum atomic E-state index is -3.79. The van der Waals surface area contributed by atoms with Gasteiger partial charge in [-0.15, -0.1) is 0 Å². The molecule has 1 amide bonds. The summed E-state index contributed by atoms with van der Waals surface area (Å²) in [6.07, 6.45) is 1.83. The number of nitrogens with one attached hydrogen (secondary N) is 1. The molecule has 0 saturated heterocycles. The van der Waals surface area contributed by atoms with E-state index in [0.29, 0.717) is 6.54 Å². The summed E-state index contributed by atoms with van der Waals surface area (Å²) in [5, 5.41) is 2.78. The van der Waals surface area contributed by atoms with E-state index < -0.39 is 10.0 Å². The zero-order chi connectivity index (χ0) is 19.0. The van der Waals surface area contributed by atoms with Gasteiger partial charge in [0.05, 0.1) is 11.4 Å². The number of sulfonamides is 1. The number of hydrogen-bond donors (Lipinski definition) is 1. The van der Waals surface area contributed by atoms with E-state index in [0.717, 1.165) is 22.9 Å². The molecule has 0 saturated carbocycles. The smallest absolute Gasteiger partial charge is 0.243 e. The SMILES string of the molecule is CCCCNC(=O)CN(Cc1ccccc1)S(=O)(=O)c1ccc(Br)cc1. The summed E-state index contributed by atoms with van der Waals surface area (Å²) < 4.78 is 28.1. The topological polar surface area (TPSA) is 66.5 Å². The predicted octanol–water partition coefficient (Wildman–Crippen LogP) is 3.56. The van der Waals surface area contributed by atoms with Gasteiger partial charge in [-0.1, -0.05) is 59.6 Å². The van der Waals surface area contributed by atoms with Crippen LogP contribution in [0.3, 0.4) is 0 Å². The minimum absolute atomic E-state index is 0.139. The molecular formula is C19H23BrN2O3S. The molecule has 0 unspecified atom stereocenters. The fourth-order valence-corrected chi connectivity index (χ4v) is 4.04. The van der Waals surface area contributed by atoms with Crippen LogP contribution in [0.25, 0.3) is 0 Å². The highest BCUT2D eigenvalue weighted by atomic mass is 79.9. The van der Waals surface area contributed by atoms with Gasteiger partial charge in [0.25, 0.3) is 0 Å². The Labute approximate surface area is 163 Å². The van der Waals surface area contributed by atoms with Crippen LogP contribution in [0.5, 0.6) is 0 Å². The number of rotatable bonds is 9. The summed E-state index contributed by atoms with van der Waals surface area (Å²) in [5.74, 6) is -0.296. The molecule has 2 rings (SSSR count). The molecule has 1 N–H and O–H groups in total. The highest BCUT2D eigenvalue weighted by Crippen LogP contribution is 2.20. The summed E-state index contributed by atoms with van der Waals surface area (Å²) in [6.45, 7) is 2.51. The maximum Gasteiger partial charge on any atom is 0.243 e. The van der Waals surface area contributed by atoms with Crippen molar-refractivity contribution in [1.29, 1.82) is 0 Å². The van der Waals surface area contributed by atoms with Gasteiger partial charge in [-0.25, -0.2) is 8.42 Å². The Bertz CT molecular complexity index is 808. The first-order chi connectivity index (χ1) is 12.4. The fourth-order valence-electron chi connectivity index (χ4n) is 2.39. The van der Waals surface area contributed by atoms with Crippen LogP contribution in [-0.4, -0.2) is 31.7 Å². The van der Waals surface area contributed by atoms with Crippen LogP contribution in [0.15, 0.2) is 64.0 Å². The molecule has 0 radical (unpaired) electrons. The molecular weight excluding hydrogens is 416 g/mol. The third kappa shape index (κ3) is 5.93. The molecule has 0 heterocycles. The number of carbonyl (C=O) groups is 1. The molecule has 7 heteroatoms. The standard InChI is InChI=1S/C19H23BrN2O3S/c1-2-3-13-21-19(23)15-22(14-16-7-5-4-6-8-16)26(24,25)18-11-9-17(20)10-12-18/h4-12H,2-3,13-15H2,1H3,(H,21,23). The molecule has 2 aromatic rings. The third-order valence-electron chi connectivity index (χ3n) is 3.83. The number of amides is 1. The summed E-state index contributed by atoms with van der Waals surface area (Å²) in [4.78, 5) is 12.4. The van der Waals surface area contributed by atoms with E-state index in [9.17, 15) is 13.2 Å². The van der Waals surface area contributed by atoms with Crippen LogP contribution in [0.2, 0.25) is 0 Å². The molecule has 0 aromatic heterocycles. The number of nitrogens with zero attached hydrogens (tertiary/aromatic N) is 1. The Morgan fingerprint density at radius 1 is 1.08 bits per heavy atom. The Morgan fingerprint density at radius 2 is 1.73 bits per heavy atom. The largest absolute Gasteiger partial charge is 0.355 e. The summed E-state index contributed by atoms with van der Waals surface area (Å²) in [5.41, 5.74) is 0.828. The van der Waals surface area contributed by atoms with Crippen molar-refractivity contribution < 1.29 is 13.2 Å². The van der Waals surface area contributed by atoms with E-state index in [1.54, 1.807) is 12.1 Å². The molecule has 0 atom stereocenters. The van der Waals surface area contributed by atoms with E-state index >= 15 is 0 Å². The van der Waals surface area contributed by atoms with Crippen LogP contribution in [-0.2, 0) is 21.4 Å². The van der Waals surface area contributed by atoms with E-state index in [1.165, 1.54) is 16.4 Å². The van der Waals surface area contributed by atoms with Crippen molar-refractivity contribution in [3.05, 3.63) is 64.6 Å². The van der Waals surface area contributed by atoms with Gasteiger partial charge in [0, 0.05) is 17.6 Å². The van der Waals surface area contributed by atoms with Crippen molar-refractivity contribution in [3.63, 3.8) is 0 Å². The van der Waals surface area contributed by atoms with Crippen molar-refractivity contribution in [1.82, 2.24) is 9.62 Å². The van der Waals surface area contributed by atoms with Gasteiger partial charge in [-0.2, -0.15) is 4.31 Å². The summed E-state index contributed by atoms with van der Waals surface area (Å²) in [7, 11) is -3.79. The number of benzene rings is 2. The maximum absolute atomic E-state index is 13.0. The predicted molar refractivity (Wildman–Crippen MR) is 106 cm³/mol. The lowest BCUT2D eigenvalue weighted by atomic mass is 10.2. The second-order valence-electron chi connectivity index (χ2n) is 5.92. The minimum Gasteiger partial charge on any atom is -0.355 e. The second kappa shape index (κ2) is 9.85. The zero-order valence-electron chi connectivity index (χ0n) is 14.7. The van der Waals surface area contributed by atoms with Crippen LogP contribution in [0, 0.1) is 0 Å². The number of halogens is 1. The lowest BCUT2D eigenvalue weighted by molar-refractivity contribution is -0.121. The van der Waals surface area contributed by atoms with E-state index in [1.807, 2.05) is 37.3 Å². The van der Waals surface area contributed by atoms with Crippen molar-refractivity contribution >= 4 is 31.9 Å². The first kappa shape index (κ1) is 20.6. The Kier molecular flexibility index (Phi) is 7.81. The number of hydrogen-bond acceptors (Lipinski definition) is 3. The normalized spacial score (nSPS) is 11.5. The molecule has 5 nitrogen and oxygen atoms in total. The van der Waals surface area contributed by atoms with Gasteiger partial charge in [0.1, 0.15) is 0 Å². The average Bonchev–Trinajstić information content (AvgIpc) is 2.62. The second-order valence-corrected chi connectivity index (χ2v) is 8.77. The number of carbonyl (C=O) groups excluding carboxylic acids is 1. The van der Waals surface area contributed by atoms with Gasteiger partial charge < -0.3 is 5.32 Å². The van der Waals surface area contributed by atoms with Gasteiger partial charge in [-0.05, 0) is 36.2 Å². The zero-order valence-corrected chi connectivity index (χ0v) is 17.1. The van der Waals surface area contributed by atoms with Crippen LogP contribution >= 0.6 is 15.9 Å². The van der Waals surface area contributed by atoms with Crippen molar-refractivity contribution in [3.8, 4) is 0 Å². The monoisotopic (exact) mass is 438 g/mol. The molecule has 0 aliphatic heterocycles.